The van der Waals surface area contributed by atoms with E-state index in [9.17, 15) is 24.3 Å². The lowest BCUT2D eigenvalue weighted by atomic mass is 10.0. The topological polar surface area (TPSA) is 129 Å². The summed E-state index contributed by atoms with van der Waals surface area (Å²) in [7, 11) is 0. The largest absolute Gasteiger partial charge is 0.506 e. The number of nitrogens with one attached hydrogen (secondary N) is 1. The number of fused-ring (bicyclic) bond motifs is 1. The Kier molecular flexibility index (Phi) is 5.47. The van der Waals surface area contributed by atoms with Gasteiger partial charge >= 0.3 is 0 Å². The van der Waals surface area contributed by atoms with Crippen LogP contribution in [0, 0.1) is 11.8 Å². The number of pyridine rings is 1. The minimum absolute atomic E-state index is 0.0207. The molecule has 172 valence electrons. The summed E-state index contributed by atoms with van der Waals surface area (Å²) in [6, 6.07) is 7.18. The maximum absolute atomic E-state index is 13.0. The van der Waals surface area contributed by atoms with E-state index in [1.54, 1.807) is 24.3 Å². The normalized spacial score (nSPS) is 19.9. The summed E-state index contributed by atoms with van der Waals surface area (Å²) >= 11 is 0. The Morgan fingerprint density at radius 2 is 1.88 bits per heavy atom. The van der Waals surface area contributed by atoms with Gasteiger partial charge in [0.05, 0.1) is 23.4 Å². The first kappa shape index (κ1) is 21.6. The second-order valence-corrected chi connectivity index (χ2v) is 8.22. The molecule has 10 nitrogen and oxygen atoms in total. The molecule has 1 aromatic heterocycles. The smallest absolute Gasteiger partial charge is 0.262 e. The predicted molar refractivity (Wildman–Crippen MR) is 118 cm³/mol. The zero-order valence-electron chi connectivity index (χ0n) is 18.0. The molecule has 4 amide bonds. The molecule has 0 aliphatic carbocycles. The Labute approximate surface area is 194 Å². The second-order valence-electron chi connectivity index (χ2n) is 8.22. The van der Waals surface area contributed by atoms with E-state index in [1.807, 2.05) is 4.90 Å². The summed E-state index contributed by atoms with van der Waals surface area (Å²) in [5.74, 6) is 3.75. The van der Waals surface area contributed by atoms with E-state index >= 15 is 0 Å². The van der Waals surface area contributed by atoms with E-state index in [2.05, 4.69) is 22.1 Å². The number of imide groups is 2. The zero-order chi connectivity index (χ0) is 23.8. The van der Waals surface area contributed by atoms with Crippen LogP contribution in [-0.2, 0) is 14.3 Å². The van der Waals surface area contributed by atoms with Crippen LogP contribution in [0.15, 0.2) is 36.5 Å². The maximum Gasteiger partial charge on any atom is 0.262 e. The minimum atomic E-state index is -0.978. The van der Waals surface area contributed by atoms with Crippen LogP contribution in [-0.4, -0.2) is 70.5 Å². The highest BCUT2D eigenvalue weighted by Crippen LogP contribution is 2.32. The summed E-state index contributed by atoms with van der Waals surface area (Å²) in [5.41, 5.74) is 1.83. The zero-order valence-corrected chi connectivity index (χ0v) is 18.0. The van der Waals surface area contributed by atoms with Crippen LogP contribution in [0.4, 0.5) is 5.69 Å². The lowest BCUT2D eigenvalue weighted by Gasteiger charge is -2.40. The lowest BCUT2D eigenvalue weighted by Crippen LogP contribution is -2.54. The Balaban J connectivity index is 1.18. The minimum Gasteiger partial charge on any atom is -0.506 e. The second kappa shape index (κ2) is 8.61. The fourth-order valence-electron chi connectivity index (χ4n) is 4.16. The Morgan fingerprint density at radius 1 is 1.09 bits per heavy atom. The lowest BCUT2D eigenvalue weighted by molar-refractivity contribution is -0.136. The van der Waals surface area contributed by atoms with Crippen molar-refractivity contribution in [1.29, 1.82) is 0 Å². The van der Waals surface area contributed by atoms with Crippen molar-refractivity contribution in [3.05, 3.63) is 53.3 Å². The predicted octanol–water partition coefficient (Wildman–Crippen LogP) is 0.445. The van der Waals surface area contributed by atoms with E-state index in [-0.39, 0.29) is 42.4 Å². The quantitative estimate of drug-likeness (QED) is 0.497. The van der Waals surface area contributed by atoms with Crippen LogP contribution in [0.5, 0.6) is 5.75 Å². The Hall–Kier alpha value is -4.23. The third-order valence-electron chi connectivity index (χ3n) is 5.99. The van der Waals surface area contributed by atoms with Crippen LogP contribution in [0.1, 0.15) is 39.3 Å². The molecule has 5 rings (SSSR count). The molecule has 34 heavy (non-hydrogen) atoms. The van der Waals surface area contributed by atoms with Gasteiger partial charge in [-0.05, 0) is 42.7 Å². The molecule has 3 aliphatic heterocycles. The number of nitrogens with zero attached hydrogens (tertiary/aromatic N) is 3. The van der Waals surface area contributed by atoms with Gasteiger partial charge in [0.2, 0.25) is 11.8 Å². The summed E-state index contributed by atoms with van der Waals surface area (Å²) in [5, 5.41) is 11.4. The van der Waals surface area contributed by atoms with Crippen molar-refractivity contribution in [2.24, 2.45) is 0 Å². The van der Waals surface area contributed by atoms with E-state index in [0.717, 1.165) is 10.6 Å². The van der Waals surface area contributed by atoms with Gasteiger partial charge in [0.15, 0.2) is 0 Å². The molecule has 0 bridgehead atoms. The van der Waals surface area contributed by atoms with Gasteiger partial charge < -0.3 is 14.7 Å². The van der Waals surface area contributed by atoms with E-state index < -0.39 is 29.7 Å². The number of carbonyl (C=O) groups excluding carboxylic acids is 4. The van der Waals surface area contributed by atoms with Crippen LogP contribution < -0.4 is 10.2 Å². The molecular formula is C24H20N4O6. The molecule has 1 atom stereocenters. The molecule has 1 unspecified atom stereocenters. The van der Waals surface area contributed by atoms with Crippen molar-refractivity contribution in [2.75, 3.05) is 24.6 Å². The van der Waals surface area contributed by atoms with Gasteiger partial charge in [-0.1, -0.05) is 5.92 Å². The van der Waals surface area contributed by atoms with Crippen molar-refractivity contribution < 1.29 is 29.0 Å². The summed E-state index contributed by atoms with van der Waals surface area (Å²) in [6.07, 6.45) is 1.51. The van der Waals surface area contributed by atoms with E-state index in [1.165, 1.54) is 12.3 Å². The van der Waals surface area contributed by atoms with Gasteiger partial charge in [-0.25, -0.2) is 4.98 Å². The van der Waals surface area contributed by atoms with Crippen LogP contribution in [0.2, 0.25) is 0 Å². The molecule has 2 saturated heterocycles. The molecule has 4 heterocycles. The monoisotopic (exact) mass is 460 g/mol. The number of hydrogen-bond acceptors (Lipinski definition) is 8. The van der Waals surface area contributed by atoms with Crippen molar-refractivity contribution in [3.63, 3.8) is 0 Å². The average molecular weight is 460 g/mol. The third kappa shape index (κ3) is 3.97. The average Bonchev–Trinajstić information content (AvgIpc) is 3.03. The highest BCUT2D eigenvalue weighted by Gasteiger charge is 2.45. The standard InChI is InChI=1S/C24H20N4O6/c29-16-5-3-14(25-11-16)2-1-9-34-17-12-27(13-17)15-4-6-18-19(10-15)24(33)28(23(18)32)20-7-8-21(30)26-22(20)31/h3-6,10-11,17,20,29H,7-9,12-13H2,(H,26,30,31). The van der Waals surface area contributed by atoms with Gasteiger partial charge in [0.1, 0.15) is 24.1 Å². The van der Waals surface area contributed by atoms with Crippen LogP contribution in [0.25, 0.3) is 0 Å². The number of benzene rings is 1. The fourth-order valence-corrected chi connectivity index (χ4v) is 4.16. The number of rotatable bonds is 4. The highest BCUT2D eigenvalue weighted by molar-refractivity contribution is 6.23. The van der Waals surface area contributed by atoms with Gasteiger partial charge in [-0.2, -0.15) is 0 Å². The van der Waals surface area contributed by atoms with Crippen molar-refractivity contribution >= 4 is 29.3 Å². The molecule has 2 aromatic rings. The number of carbonyl (C=O) groups is 4. The van der Waals surface area contributed by atoms with Gasteiger partial charge in [0, 0.05) is 25.2 Å². The number of hydrogen-bond donors (Lipinski definition) is 2. The van der Waals surface area contributed by atoms with Gasteiger partial charge in [-0.3, -0.25) is 29.4 Å². The first-order valence-electron chi connectivity index (χ1n) is 10.8. The van der Waals surface area contributed by atoms with Crippen molar-refractivity contribution in [3.8, 4) is 17.6 Å². The SMILES string of the molecule is O=C1CCC(N2C(=O)c3ccc(N4CC(OCC#Cc5ccc(O)cn5)C4)cc3C2=O)C(=O)N1. The number of ether oxygens (including phenoxy) is 1. The fraction of sp³-hybridized carbons (Fsp3) is 0.292. The summed E-state index contributed by atoms with van der Waals surface area (Å²) in [6.45, 7) is 1.45. The molecule has 0 saturated carbocycles. The van der Waals surface area contributed by atoms with E-state index in [0.29, 0.717) is 18.8 Å². The maximum atomic E-state index is 13.0. The van der Waals surface area contributed by atoms with Crippen molar-refractivity contribution in [1.82, 2.24) is 15.2 Å². The molecule has 1 aromatic carbocycles. The molecule has 0 spiro atoms. The van der Waals surface area contributed by atoms with Gasteiger partial charge in [-0.15, -0.1) is 0 Å². The number of piperidine rings is 1. The first-order chi connectivity index (χ1) is 16.4. The molecule has 0 radical (unpaired) electrons. The van der Waals surface area contributed by atoms with Crippen LogP contribution in [0.3, 0.4) is 0 Å². The Bertz CT molecular complexity index is 1260. The summed E-state index contributed by atoms with van der Waals surface area (Å²) in [4.78, 5) is 56.3. The number of aromatic nitrogens is 1. The number of amides is 4. The Morgan fingerprint density at radius 3 is 2.62 bits per heavy atom. The third-order valence-corrected chi connectivity index (χ3v) is 5.99. The molecule has 10 heteroatoms. The summed E-state index contributed by atoms with van der Waals surface area (Å²) < 4.78 is 5.73. The van der Waals surface area contributed by atoms with Gasteiger partial charge in [0.25, 0.3) is 11.8 Å². The molecule has 2 fully saturated rings. The van der Waals surface area contributed by atoms with Crippen molar-refractivity contribution in [2.45, 2.75) is 25.0 Å². The van der Waals surface area contributed by atoms with Crippen LogP contribution >= 0.6 is 0 Å². The molecular weight excluding hydrogens is 440 g/mol. The number of anilines is 1. The molecule has 3 aliphatic rings. The highest BCUT2D eigenvalue weighted by atomic mass is 16.5. The first-order valence-corrected chi connectivity index (χ1v) is 10.8. The van der Waals surface area contributed by atoms with E-state index in [4.69, 9.17) is 4.74 Å². The molecule has 2 N–H and O–H groups in total. The number of aromatic hydroxyl groups is 1.